The molecule has 1 heterocycles. The average Bonchev–Trinajstić information content (AvgIpc) is 3.06. The molecule has 3 aromatic rings. The molecule has 2 aromatic carbocycles. The van der Waals surface area contributed by atoms with Crippen LogP contribution in [-0.2, 0) is 17.8 Å². The van der Waals surface area contributed by atoms with Crippen LogP contribution in [0.5, 0.6) is 0 Å². The number of halogens is 1. The Bertz CT molecular complexity index is 812. The number of rotatable bonds is 5. The molecule has 0 aliphatic heterocycles. The lowest BCUT2D eigenvalue weighted by Gasteiger charge is -2.16. The van der Waals surface area contributed by atoms with Gasteiger partial charge in [0.25, 0.3) is 0 Å². The van der Waals surface area contributed by atoms with Gasteiger partial charge in [0.2, 0.25) is 5.91 Å². The molecule has 122 valence electrons. The molecule has 0 saturated carbocycles. The van der Waals surface area contributed by atoms with Crippen molar-refractivity contribution in [3.05, 3.63) is 83.9 Å². The van der Waals surface area contributed by atoms with Gasteiger partial charge in [0.05, 0.1) is 18.3 Å². The lowest BCUT2D eigenvalue weighted by molar-refractivity contribution is -0.129. The topological polar surface area (TPSA) is 38.1 Å². The van der Waals surface area contributed by atoms with E-state index in [0.717, 1.165) is 16.8 Å². The summed E-state index contributed by atoms with van der Waals surface area (Å²) in [5.41, 5.74) is 2.71. The first-order chi connectivity index (χ1) is 11.6. The second kappa shape index (κ2) is 7.08. The van der Waals surface area contributed by atoms with Crippen molar-refractivity contribution in [3.63, 3.8) is 0 Å². The normalized spacial score (nSPS) is 10.6. The minimum absolute atomic E-state index is 0.00747. The first kappa shape index (κ1) is 15.9. The van der Waals surface area contributed by atoms with E-state index in [1.807, 2.05) is 36.5 Å². The highest BCUT2D eigenvalue weighted by molar-refractivity contribution is 5.78. The Balaban J connectivity index is 1.62. The Hall–Kier alpha value is -2.95. The molecule has 0 bridgehead atoms. The van der Waals surface area contributed by atoms with Crippen molar-refractivity contribution < 1.29 is 9.18 Å². The number of para-hydroxylation sites is 1. The maximum absolute atomic E-state index is 12.9. The highest BCUT2D eigenvalue weighted by atomic mass is 19.1. The maximum atomic E-state index is 12.9. The van der Waals surface area contributed by atoms with Crippen molar-refractivity contribution in [2.45, 2.75) is 13.0 Å². The Morgan fingerprint density at radius 2 is 1.79 bits per heavy atom. The Morgan fingerprint density at radius 3 is 2.50 bits per heavy atom. The van der Waals surface area contributed by atoms with E-state index in [1.165, 1.54) is 12.1 Å². The SMILES string of the molecule is CN(Cc1ccc(F)cc1)C(=O)Cc1cnn(-c2ccccc2)c1. The molecule has 0 aliphatic rings. The fourth-order valence-electron chi connectivity index (χ4n) is 2.43. The van der Waals surface area contributed by atoms with Crippen LogP contribution < -0.4 is 0 Å². The zero-order valence-electron chi connectivity index (χ0n) is 13.4. The number of benzene rings is 2. The van der Waals surface area contributed by atoms with E-state index < -0.39 is 0 Å². The Morgan fingerprint density at radius 1 is 1.08 bits per heavy atom. The summed E-state index contributed by atoms with van der Waals surface area (Å²) >= 11 is 0. The van der Waals surface area contributed by atoms with Crippen molar-refractivity contribution in [2.24, 2.45) is 0 Å². The summed E-state index contributed by atoms with van der Waals surface area (Å²) < 4.78 is 14.7. The molecular formula is C19H18FN3O. The van der Waals surface area contributed by atoms with E-state index in [1.54, 1.807) is 35.0 Å². The predicted molar refractivity (Wildman–Crippen MR) is 90.1 cm³/mol. The van der Waals surface area contributed by atoms with Crippen LogP contribution in [0.25, 0.3) is 5.69 Å². The number of aromatic nitrogens is 2. The summed E-state index contributed by atoms with van der Waals surface area (Å²) in [5, 5.41) is 4.30. The van der Waals surface area contributed by atoms with Crippen LogP contribution >= 0.6 is 0 Å². The average molecular weight is 323 g/mol. The van der Waals surface area contributed by atoms with E-state index in [2.05, 4.69) is 5.10 Å². The molecule has 0 atom stereocenters. The molecule has 5 heteroatoms. The van der Waals surface area contributed by atoms with Crippen LogP contribution in [0.15, 0.2) is 67.0 Å². The molecule has 1 amide bonds. The number of likely N-dealkylation sites (N-methyl/N-ethyl adjacent to an activating group) is 1. The number of nitrogens with zero attached hydrogens (tertiary/aromatic N) is 3. The van der Waals surface area contributed by atoms with Gasteiger partial charge in [0.15, 0.2) is 0 Å². The third-order valence-corrected chi connectivity index (χ3v) is 3.77. The smallest absolute Gasteiger partial charge is 0.227 e. The molecule has 3 rings (SSSR count). The number of amides is 1. The number of hydrogen-bond donors (Lipinski definition) is 0. The Labute approximate surface area is 140 Å². The van der Waals surface area contributed by atoms with Crippen LogP contribution in [0.3, 0.4) is 0 Å². The van der Waals surface area contributed by atoms with Gasteiger partial charge >= 0.3 is 0 Å². The molecule has 1 aromatic heterocycles. The largest absolute Gasteiger partial charge is 0.341 e. The second-order valence-corrected chi connectivity index (χ2v) is 5.68. The molecule has 0 aliphatic carbocycles. The summed E-state index contributed by atoms with van der Waals surface area (Å²) in [4.78, 5) is 14.0. The van der Waals surface area contributed by atoms with E-state index in [4.69, 9.17) is 0 Å². The second-order valence-electron chi connectivity index (χ2n) is 5.68. The summed E-state index contributed by atoms with van der Waals surface area (Å²) in [6, 6.07) is 15.9. The molecule has 4 nitrogen and oxygen atoms in total. The molecule has 24 heavy (non-hydrogen) atoms. The van der Waals surface area contributed by atoms with Crippen LogP contribution in [0.1, 0.15) is 11.1 Å². The lowest BCUT2D eigenvalue weighted by Crippen LogP contribution is -2.27. The van der Waals surface area contributed by atoms with Crippen molar-refractivity contribution in [2.75, 3.05) is 7.05 Å². The van der Waals surface area contributed by atoms with Crippen molar-refractivity contribution in [3.8, 4) is 5.69 Å². The molecule has 0 saturated heterocycles. The minimum Gasteiger partial charge on any atom is -0.341 e. The molecule has 0 unspecified atom stereocenters. The van der Waals surface area contributed by atoms with Gasteiger partial charge in [-0.1, -0.05) is 30.3 Å². The van der Waals surface area contributed by atoms with Gasteiger partial charge in [0, 0.05) is 19.8 Å². The number of carbonyl (C=O) groups excluding carboxylic acids is 1. The first-order valence-electron chi connectivity index (χ1n) is 7.69. The quantitative estimate of drug-likeness (QED) is 0.723. The standard InChI is InChI=1S/C19H18FN3O/c1-22(13-15-7-9-17(20)10-8-15)19(24)11-16-12-21-23(14-16)18-5-3-2-4-6-18/h2-10,12,14H,11,13H2,1H3. The molecular weight excluding hydrogens is 305 g/mol. The van der Waals surface area contributed by atoms with Gasteiger partial charge in [-0.15, -0.1) is 0 Å². The van der Waals surface area contributed by atoms with Gasteiger partial charge in [-0.25, -0.2) is 9.07 Å². The Kier molecular flexibility index (Phi) is 4.70. The molecule has 0 radical (unpaired) electrons. The van der Waals surface area contributed by atoms with E-state index in [0.29, 0.717) is 6.54 Å². The lowest BCUT2D eigenvalue weighted by atomic mass is 10.2. The van der Waals surface area contributed by atoms with Crippen LogP contribution in [0.2, 0.25) is 0 Å². The summed E-state index contributed by atoms with van der Waals surface area (Å²) in [5.74, 6) is -0.284. The molecule has 0 spiro atoms. The van der Waals surface area contributed by atoms with Gasteiger partial charge < -0.3 is 4.90 Å². The zero-order chi connectivity index (χ0) is 16.9. The van der Waals surface area contributed by atoms with Gasteiger partial charge in [0.1, 0.15) is 5.82 Å². The maximum Gasteiger partial charge on any atom is 0.227 e. The summed E-state index contributed by atoms with van der Waals surface area (Å²) in [6.07, 6.45) is 3.85. The molecule has 0 N–H and O–H groups in total. The summed E-state index contributed by atoms with van der Waals surface area (Å²) in [6.45, 7) is 0.450. The number of carbonyl (C=O) groups is 1. The fraction of sp³-hybridized carbons (Fsp3) is 0.158. The van der Waals surface area contributed by atoms with E-state index >= 15 is 0 Å². The highest BCUT2D eigenvalue weighted by Gasteiger charge is 2.12. The van der Waals surface area contributed by atoms with Crippen molar-refractivity contribution >= 4 is 5.91 Å². The third-order valence-electron chi connectivity index (χ3n) is 3.77. The zero-order valence-corrected chi connectivity index (χ0v) is 13.4. The van der Waals surface area contributed by atoms with Crippen LogP contribution in [0, 0.1) is 5.82 Å². The fourth-order valence-corrected chi connectivity index (χ4v) is 2.43. The van der Waals surface area contributed by atoms with Crippen LogP contribution in [0.4, 0.5) is 4.39 Å². The van der Waals surface area contributed by atoms with Gasteiger partial charge in [-0.3, -0.25) is 4.79 Å². The summed E-state index contributed by atoms with van der Waals surface area (Å²) in [7, 11) is 1.74. The monoisotopic (exact) mass is 323 g/mol. The minimum atomic E-state index is -0.277. The number of hydrogen-bond acceptors (Lipinski definition) is 2. The van der Waals surface area contributed by atoms with E-state index in [9.17, 15) is 9.18 Å². The van der Waals surface area contributed by atoms with Gasteiger partial charge in [-0.05, 0) is 35.4 Å². The highest BCUT2D eigenvalue weighted by Crippen LogP contribution is 2.10. The first-order valence-corrected chi connectivity index (χ1v) is 7.69. The van der Waals surface area contributed by atoms with E-state index in [-0.39, 0.29) is 18.1 Å². The van der Waals surface area contributed by atoms with Crippen LogP contribution in [-0.4, -0.2) is 27.6 Å². The predicted octanol–water partition coefficient (Wildman–Crippen LogP) is 3.21. The third kappa shape index (κ3) is 3.87. The van der Waals surface area contributed by atoms with Crippen molar-refractivity contribution in [1.29, 1.82) is 0 Å². The van der Waals surface area contributed by atoms with Crippen molar-refractivity contribution in [1.82, 2.24) is 14.7 Å². The molecule has 0 fully saturated rings. The van der Waals surface area contributed by atoms with Gasteiger partial charge in [-0.2, -0.15) is 5.10 Å².